The van der Waals surface area contributed by atoms with Gasteiger partial charge in [-0.15, -0.1) is 0 Å². The van der Waals surface area contributed by atoms with Crippen molar-refractivity contribution in [3.8, 4) is 5.75 Å². The van der Waals surface area contributed by atoms with Gasteiger partial charge in [-0.1, -0.05) is 102 Å². The minimum Gasteiger partial charge on any atom is -0.495 e. The SMILES string of the molecule is CCCCCCCCCCCCCCCCNc1ncnc(Nc2cc(Cl)ccc2OC)c1[N+](=O)[O-]. The van der Waals surface area contributed by atoms with Crippen LogP contribution in [0.2, 0.25) is 5.02 Å². The minimum atomic E-state index is -0.479. The fourth-order valence-electron chi connectivity index (χ4n) is 4.20. The van der Waals surface area contributed by atoms with Gasteiger partial charge in [-0.3, -0.25) is 10.1 Å². The number of nitrogens with one attached hydrogen (secondary N) is 2. The molecule has 200 valence electrons. The van der Waals surface area contributed by atoms with Gasteiger partial charge in [0.15, 0.2) is 0 Å². The minimum absolute atomic E-state index is 0.0824. The molecule has 0 spiro atoms. The Labute approximate surface area is 220 Å². The van der Waals surface area contributed by atoms with Crippen molar-refractivity contribution < 1.29 is 9.66 Å². The van der Waals surface area contributed by atoms with Gasteiger partial charge in [0.05, 0.1) is 17.7 Å². The second-order valence-electron chi connectivity index (χ2n) is 9.17. The van der Waals surface area contributed by atoms with E-state index < -0.39 is 4.92 Å². The number of hydrogen-bond acceptors (Lipinski definition) is 7. The number of aromatic nitrogens is 2. The summed E-state index contributed by atoms with van der Waals surface area (Å²) >= 11 is 6.08. The fraction of sp³-hybridized carbons (Fsp3) is 0.630. The van der Waals surface area contributed by atoms with Crippen molar-refractivity contribution >= 4 is 34.6 Å². The zero-order valence-electron chi connectivity index (χ0n) is 21.9. The molecule has 9 heteroatoms. The van der Waals surface area contributed by atoms with Crippen LogP contribution in [0.4, 0.5) is 23.0 Å². The van der Waals surface area contributed by atoms with Crippen molar-refractivity contribution in [2.45, 2.75) is 96.8 Å². The molecule has 0 bridgehead atoms. The lowest BCUT2D eigenvalue weighted by Gasteiger charge is -2.12. The molecule has 0 atom stereocenters. The molecule has 0 aliphatic rings. The number of rotatable bonds is 20. The molecule has 1 heterocycles. The van der Waals surface area contributed by atoms with Crippen molar-refractivity contribution in [3.63, 3.8) is 0 Å². The smallest absolute Gasteiger partial charge is 0.353 e. The van der Waals surface area contributed by atoms with E-state index in [0.717, 1.165) is 12.8 Å². The first-order valence-electron chi connectivity index (χ1n) is 13.4. The van der Waals surface area contributed by atoms with Crippen molar-refractivity contribution in [3.05, 3.63) is 39.7 Å². The highest BCUT2D eigenvalue weighted by Gasteiger charge is 2.23. The number of methoxy groups -OCH3 is 1. The molecule has 0 aliphatic carbocycles. The van der Waals surface area contributed by atoms with Crippen LogP contribution in [-0.4, -0.2) is 28.5 Å². The molecule has 0 saturated carbocycles. The van der Waals surface area contributed by atoms with Gasteiger partial charge in [-0.05, 0) is 24.6 Å². The van der Waals surface area contributed by atoms with E-state index in [9.17, 15) is 10.1 Å². The summed E-state index contributed by atoms with van der Waals surface area (Å²) < 4.78 is 5.31. The summed E-state index contributed by atoms with van der Waals surface area (Å²) in [4.78, 5) is 19.5. The molecule has 0 fully saturated rings. The molecule has 36 heavy (non-hydrogen) atoms. The summed E-state index contributed by atoms with van der Waals surface area (Å²) in [6.07, 6.45) is 19.4. The van der Waals surface area contributed by atoms with Crippen LogP contribution < -0.4 is 15.4 Å². The van der Waals surface area contributed by atoms with Crippen LogP contribution in [0.3, 0.4) is 0 Å². The predicted molar refractivity (Wildman–Crippen MR) is 149 cm³/mol. The molecule has 0 aliphatic heterocycles. The molecule has 1 aromatic heterocycles. The molecule has 1 aromatic carbocycles. The van der Waals surface area contributed by atoms with Gasteiger partial charge in [0, 0.05) is 11.6 Å². The summed E-state index contributed by atoms with van der Waals surface area (Å²) in [5.41, 5.74) is 0.287. The van der Waals surface area contributed by atoms with E-state index in [-0.39, 0.29) is 17.3 Å². The second kappa shape index (κ2) is 17.8. The number of hydrogen-bond donors (Lipinski definition) is 2. The number of nitro groups is 1. The Hall–Kier alpha value is -2.61. The Morgan fingerprint density at radius 3 is 2.00 bits per heavy atom. The Bertz CT molecular complexity index is 913. The first-order chi connectivity index (χ1) is 17.6. The van der Waals surface area contributed by atoms with Crippen LogP contribution in [0, 0.1) is 10.1 Å². The Kier molecular flexibility index (Phi) is 14.6. The molecule has 2 rings (SSSR count). The molecule has 0 saturated heterocycles. The van der Waals surface area contributed by atoms with Gasteiger partial charge in [0.2, 0.25) is 11.6 Å². The van der Waals surface area contributed by atoms with Gasteiger partial charge in [0.1, 0.15) is 12.1 Å². The monoisotopic (exact) mass is 519 g/mol. The summed E-state index contributed by atoms with van der Waals surface area (Å²) in [6.45, 7) is 2.88. The lowest BCUT2D eigenvalue weighted by Crippen LogP contribution is -2.09. The maximum atomic E-state index is 11.8. The van der Waals surface area contributed by atoms with E-state index in [1.807, 2.05) is 0 Å². The van der Waals surface area contributed by atoms with Crippen molar-refractivity contribution in [2.75, 3.05) is 24.3 Å². The molecule has 2 N–H and O–H groups in total. The normalized spacial score (nSPS) is 10.9. The summed E-state index contributed by atoms with van der Waals surface area (Å²) in [6, 6.07) is 5.00. The van der Waals surface area contributed by atoms with Crippen LogP contribution in [-0.2, 0) is 0 Å². The maximum absolute atomic E-state index is 11.8. The highest BCUT2D eigenvalue weighted by atomic mass is 35.5. The van der Waals surface area contributed by atoms with Crippen molar-refractivity contribution in [1.29, 1.82) is 0 Å². The average Bonchev–Trinajstić information content (AvgIpc) is 2.86. The van der Waals surface area contributed by atoms with E-state index >= 15 is 0 Å². The Balaban J connectivity index is 1.69. The zero-order valence-corrected chi connectivity index (χ0v) is 22.6. The molecular formula is C27H42ClN5O3. The fourth-order valence-corrected chi connectivity index (χ4v) is 4.38. The van der Waals surface area contributed by atoms with E-state index in [1.165, 1.54) is 90.5 Å². The van der Waals surface area contributed by atoms with Gasteiger partial charge in [0.25, 0.3) is 0 Å². The standard InChI is InChI=1S/C27H42ClN5O3/c1-3-4-5-6-7-8-9-10-11-12-13-14-15-16-19-29-26-25(33(34)35)27(31-21-30-26)32-23-20-22(28)17-18-24(23)36-2/h17-18,20-21H,3-16,19H2,1-2H3,(H2,29,30,31,32). The average molecular weight is 520 g/mol. The number of anilines is 3. The third-order valence-corrected chi connectivity index (χ3v) is 6.48. The van der Waals surface area contributed by atoms with Crippen LogP contribution >= 0.6 is 11.6 Å². The van der Waals surface area contributed by atoms with Gasteiger partial charge in [-0.2, -0.15) is 0 Å². The topological polar surface area (TPSA) is 102 Å². The molecule has 2 aromatic rings. The first kappa shape index (κ1) is 29.6. The second-order valence-corrected chi connectivity index (χ2v) is 9.61. The third kappa shape index (κ3) is 11.0. The molecule has 0 amide bonds. The molecule has 8 nitrogen and oxygen atoms in total. The number of ether oxygens (including phenoxy) is 1. The Morgan fingerprint density at radius 2 is 1.44 bits per heavy atom. The van der Waals surface area contributed by atoms with E-state index in [2.05, 4.69) is 27.5 Å². The van der Waals surface area contributed by atoms with Crippen LogP contribution in [0.25, 0.3) is 0 Å². The predicted octanol–water partition coefficient (Wildman–Crippen LogP) is 8.68. The summed E-state index contributed by atoms with van der Waals surface area (Å²) in [5, 5.41) is 18.4. The number of halogens is 1. The van der Waals surface area contributed by atoms with Crippen LogP contribution in [0.5, 0.6) is 5.75 Å². The van der Waals surface area contributed by atoms with Crippen LogP contribution in [0.15, 0.2) is 24.5 Å². The van der Waals surface area contributed by atoms with E-state index in [0.29, 0.717) is 23.0 Å². The highest BCUT2D eigenvalue weighted by molar-refractivity contribution is 6.31. The molecule has 0 radical (unpaired) electrons. The Morgan fingerprint density at radius 1 is 0.889 bits per heavy atom. The largest absolute Gasteiger partial charge is 0.495 e. The number of benzene rings is 1. The molecular weight excluding hydrogens is 478 g/mol. The zero-order chi connectivity index (χ0) is 26.0. The van der Waals surface area contributed by atoms with Gasteiger partial charge >= 0.3 is 5.69 Å². The van der Waals surface area contributed by atoms with Gasteiger partial charge in [-0.25, -0.2) is 9.97 Å². The first-order valence-corrected chi connectivity index (χ1v) is 13.8. The quantitative estimate of drug-likeness (QED) is 0.102. The maximum Gasteiger partial charge on any atom is 0.353 e. The van der Waals surface area contributed by atoms with E-state index in [4.69, 9.17) is 16.3 Å². The van der Waals surface area contributed by atoms with Crippen molar-refractivity contribution in [1.82, 2.24) is 9.97 Å². The number of nitrogens with zero attached hydrogens (tertiary/aromatic N) is 3. The van der Waals surface area contributed by atoms with Crippen molar-refractivity contribution in [2.24, 2.45) is 0 Å². The lowest BCUT2D eigenvalue weighted by molar-refractivity contribution is -0.383. The summed E-state index contributed by atoms with van der Waals surface area (Å²) in [5.74, 6) is 0.788. The number of unbranched alkanes of at least 4 members (excludes halogenated alkanes) is 13. The third-order valence-electron chi connectivity index (χ3n) is 6.24. The molecule has 0 unspecified atom stereocenters. The van der Waals surface area contributed by atoms with E-state index in [1.54, 1.807) is 18.2 Å². The summed E-state index contributed by atoms with van der Waals surface area (Å²) in [7, 11) is 1.52. The highest BCUT2D eigenvalue weighted by Crippen LogP contribution is 2.35. The van der Waals surface area contributed by atoms with Gasteiger partial charge < -0.3 is 15.4 Å². The van der Waals surface area contributed by atoms with Crippen LogP contribution in [0.1, 0.15) is 96.8 Å². The lowest BCUT2D eigenvalue weighted by atomic mass is 10.0.